The van der Waals surface area contributed by atoms with Gasteiger partial charge in [-0.05, 0) is 49.2 Å². The van der Waals surface area contributed by atoms with Crippen molar-refractivity contribution >= 4 is 26.8 Å². The lowest BCUT2D eigenvalue weighted by Gasteiger charge is -2.06. The first-order chi connectivity index (χ1) is 11.4. The molecular weight excluding hydrogens is 324 g/mol. The van der Waals surface area contributed by atoms with Gasteiger partial charge in [-0.3, -0.25) is 9.36 Å². The van der Waals surface area contributed by atoms with Crippen molar-refractivity contribution in [3.63, 3.8) is 0 Å². The first-order valence-electron chi connectivity index (χ1n) is 7.64. The summed E-state index contributed by atoms with van der Waals surface area (Å²) in [5.74, 6) is -0.499. The molecule has 0 amide bonds. The zero-order chi connectivity index (χ0) is 17.3. The SMILES string of the molecule is Cc1cc2ncn(C(=O)CCS(=O)(=O)c3ccccc3)c2cc1C. The van der Waals surface area contributed by atoms with Gasteiger partial charge in [-0.25, -0.2) is 13.4 Å². The number of hydrogen-bond donors (Lipinski definition) is 0. The predicted octanol–water partition coefficient (Wildman–Crippen LogP) is 3.16. The van der Waals surface area contributed by atoms with Crippen LogP contribution < -0.4 is 0 Å². The lowest BCUT2D eigenvalue weighted by atomic mass is 10.1. The first-order valence-corrected chi connectivity index (χ1v) is 9.29. The second kappa shape index (κ2) is 6.20. The predicted molar refractivity (Wildman–Crippen MR) is 92.9 cm³/mol. The van der Waals surface area contributed by atoms with E-state index in [1.165, 1.54) is 10.9 Å². The molecule has 124 valence electrons. The number of fused-ring (bicyclic) bond motifs is 1. The molecule has 0 aliphatic rings. The van der Waals surface area contributed by atoms with Gasteiger partial charge < -0.3 is 0 Å². The van der Waals surface area contributed by atoms with Crippen molar-refractivity contribution in [3.8, 4) is 0 Å². The smallest absolute Gasteiger partial charge is 0.233 e. The molecule has 0 unspecified atom stereocenters. The van der Waals surface area contributed by atoms with E-state index in [0.717, 1.165) is 16.6 Å². The molecule has 0 saturated heterocycles. The summed E-state index contributed by atoms with van der Waals surface area (Å²) in [5, 5.41) is 0. The Morgan fingerprint density at radius 1 is 1.08 bits per heavy atom. The van der Waals surface area contributed by atoms with E-state index in [1.54, 1.807) is 30.3 Å². The molecule has 0 bridgehead atoms. The maximum absolute atomic E-state index is 12.5. The quantitative estimate of drug-likeness (QED) is 0.730. The average molecular weight is 342 g/mol. The minimum Gasteiger partial charge on any atom is -0.274 e. The molecule has 0 radical (unpaired) electrons. The van der Waals surface area contributed by atoms with Crippen LogP contribution in [0.15, 0.2) is 53.7 Å². The highest BCUT2D eigenvalue weighted by atomic mass is 32.2. The number of hydrogen-bond acceptors (Lipinski definition) is 4. The molecule has 0 spiro atoms. The van der Waals surface area contributed by atoms with Crippen molar-refractivity contribution in [2.24, 2.45) is 0 Å². The maximum atomic E-state index is 12.5. The third kappa shape index (κ3) is 3.10. The minimum atomic E-state index is -3.47. The standard InChI is InChI=1S/C18H18N2O3S/c1-13-10-16-17(11-14(13)2)20(12-19-16)18(21)8-9-24(22,23)15-6-4-3-5-7-15/h3-7,10-12H,8-9H2,1-2H3. The second-order valence-corrected chi connectivity index (χ2v) is 7.92. The van der Waals surface area contributed by atoms with Crippen LogP contribution >= 0.6 is 0 Å². The highest BCUT2D eigenvalue weighted by Gasteiger charge is 2.18. The second-order valence-electron chi connectivity index (χ2n) is 5.82. The Hall–Kier alpha value is -2.47. The Morgan fingerprint density at radius 2 is 1.75 bits per heavy atom. The van der Waals surface area contributed by atoms with E-state index in [1.807, 2.05) is 26.0 Å². The summed E-state index contributed by atoms with van der Waals surface area (Å²) in [7, 11) is -3.47. The lowest BCUT2D eigenvalue weighted by molar-refractivity contribution is 0.0914. The van der Waals surface area contributed by atoms with Crippen molar-refractivity contribution in [2.45, 2.75) is 25.2 Å². The monoisotopic (exact) mass is 342 g/mol. The van der Waals surface area contributed by atoms with Gasteiger partial charge in [-0.15, -0.1) is 0 Å². The summed E-state index contributed by atoms with van der Waals surface area (Å²) in [6, 6.07) is 12.0. The highest BCUT2D eigenvalue weighted by molar-refractivity contribution is 7.91. The van der Waals surface area contributed by atoms with Crippen molar-refractivity contribution in [1.29, 1.82) is 0 Å². The number of rotatable bonds is 4. The van der Waals surface area contributed by atoms with Gasteiger partial charge in [-0.1, -0.05) is 18.2 Å². The van der Waals surface area contributed by atoms with E-state index in [9.17, 15) is 13.2 Å². The zero-order valence-electron chi connectivity index (χ0n) is 13.6. The van der Waals surface area contributed by atoms with Crippen LogP contribution in [0.4, 0.5) is 0 Å². The van der Waals surface area contributed by atoms with E-state index in [2.05, 4.69) is 4.98 Å². The molecule has 2 aromatic carbocycles. The molecule has 0 aliphatic heterocycles. The van der Waals surface area contributed by atoms with Crippen molar-refractivity contribution in [2.75, 3.05) is 5.75 Å². The summed E-state index contributed by atoms with van der Waals surface area (Å²) in [6.07, 6.45) is 1.37. The van der Waals surface area contributed by atoms with Crippen LogP contribution in [0.5, 0.6) is 0 Å². The summed E-state index contributed by atoms with van der Waals surface area (Å²) in [5.41, 5.74) is 3.61. The topological polar surface area (TPSA) is 69.0 Å². The fourth-order valence-corrected chi connectivity index (χ4v) is 3.80. The normalized spacial score (nSPS) is 11.8. The van der Waals surface area contributed by atoms with Gasteiger partial charge in [0.25, 0.3) is 0 Å². The fraction of sp³-hybridized carbons (Fsp3) is 0.222. The van der Waals surface area contributed by atoms with Gasteiger partial charge >= 0.3 is 0 Å². The summed E-state index contributed by atoms with van der Waals surface area (Å²) in [4.78, 5) is 16.9. The van der Waals surface area contributed by atoms with Gasteiger partial charge in [0, 0.05) is 6.42 Å². The van der Waals surface area contributed by atoms with E-state index in [-0.39, 0.29) is 23.0 Å². The van der Waals surface area contributed by atoms with E-state index in [0.29, 0.717) is 5.52 Å². The third-order valence-corrected chi connectivity index (χ3v) is 5.85. The molecule has 6 heteroatoms. The number of carbonyl (C=O) groups excluding carboxylic acids is 1. The van der Waals surface area contributed by atoms with Gasteiger partial charge in [0.15, 0.2) is 9.84 Å². The Labute approximate surface area is 140 Å². The Morgan fingerprint density at radius 3 is 2.46 bits per heavy atom. The minimum absolute atomic E-state index is 0.0877. The molecule has 24 heavy (non-hydrogen) atoms. The number of carbonyl (C=O) groups is 1. The largest absolute Gasteiger partial charge is 0.274 e. The van der Waals surface area contributed by atoms with Crippen LogP contribution in [0, 0.1) is 13.8 Å². The summed E-state index contributed by atoms with van der Waals surface area (Å²) >= 11 is 0. The molecule has 0 N–H and O–H groups in total. The number of aromatic nitrogens is 2. The molecule has 0 atom stereocenters. The van der Waals surface area contributed by atoms with Gasteiger partial charge in [0.2, 0.25) is 5.91 Å². The number of nitrogens with zero attached hydrogens (tertiary/aromatic N) is 2. The van der Waals surface area contributed by atoms with Crippen molar-refractivity contribution < 1.29 is 13.2 Å². The van der Waals surface area contributed by atoms with E-state index in [4.69, 9.17) is 0 Å². The molecule has 3 aromatic rings. The Balaban J connectivity index is 1.82. The van der Waals surface area contributed by atoms with Crippen LogP contribution in [-0.2, 0) is 9.84 Å². The third-order valence-electron chi connectivity index (χ3n) is 4.12. The molecule has 0 saturated carbocycles. The van der Waals surface area contributed by atoms with Crippen molar-refractivity contribution in [1.82, 2.24) is 9.55 Å². The molecule has 1 aromatic heterocycles. The number of sulfone groups is 1. The Kier molecular flexibility index (Phi) is 4.24. The van der Waals surface area contributed by atoms with E-state index >= 15 is 0 Å². The van der Waals surface area contributed by atoms with Crippen molar-refractivity contribution in [3.05, 3.63) is 59.9 Å². The number of imidazole rings is 1. The lowest BCUT2D eigenvalue weighted by Crippen LogP contribution is -2.16. The molecule has 3 rings (SSSR count). The highest BCUT2D eigenvalue weighted by Crippen LogP contribution is 2.19. The van der Waals surface area contributed by atoms with Crippen LogP contribution in [-0.4, -0.2) is 29.6 Å². The van der Waals surface area contributed by atoms with E-state index < -0.39 is 9.84 Å². The van der Waals surface area contributed by atoms with Crippen LogP contribution in [0.2, 0.25) is 0 Å². The van der Waals surface area contributed by atoms with Gasteiger partial charge in [-0.2, -0.15) is 0 Å². The first kappa shape index (κ1) is 16.4. The number of aryl methyl sites for hydroxylation is 2. The van der Waals surface area contributed by atoms with Gasteiger partial charge in [0.05, 0.1) is 21.7 Å². The van der Waals surface area contributed by atoms with Gasteiger partial charge in [0.1, 0.15) is 6.33 Å². The molecule has 1 heterocycles. The molecule has 0 aliphatic carbocycles. The van der Waals surface area contributed by atoms with Crippen LogP contribution in [0.1, 0.15) is 22.3 Å². The van der Waals surface area contributed by atoms with Crippen LogP contribution in [0.3, 0.4) is 0 Å². The molecule has 0 fully saturated rings. The fourth-order valence-electron chi connectivity index (χ4n) is 2.55. The molecular formula is C18H18N2O3S. The Bertz CT molecular complexity index is 1010. The maximum Gasteiger partial charge on any atom is 0.233 e. The number of benzene rings is 2. The summed E-state index contributed by atoms with van der Waals surface area (Å²) < 4.78 is 26.0. The zero-order valence-corrected chi connectivity index (χ0v) is 14.4. The van der Waals surface area contributed by atoms with Crippen LogP contribution in [0.25, 0.3) is 11.0 Å². The molecule has 5 nitrogen and oxygen atoms in total. The summed E-state index contributed by atoms with van der Waals surface area (Å²) in [6.45, 7) is 3.96. The average Bonchev–Trinajstić information content (AvgIpc) is 2.97.